The van der Waals surface area contributed by atoms with Crippen LogP contribution in [0.2, 0.25) is 0 Å². The van der Waals surface area contributed by atoms with Gasteiger partial charge in [-0.2, -0.15) is 0 Å². The number of amides is 1. The van der Waals surface area contributed by atoms with E-state index in [1.165, 1.54) is 19.3 Å². The van der Waals surface area contributed by atoms with Gasteiger partial charge < -0.3 is 11.1 Å². The molecule has 3 nitrogen and oxygen atoms in total. The van der Waals surface area contributed by atoms with Crippen molar-refractivity contribution in [3.8, 4) is 0 Å². The number of carbonyl (C=O) groups excluding carboxylic acids is 1. The standard InChI is InChI=1S/C15H30N2O/c1-11(2)6-14(9-16)8-15(18)17-10-13-5-4-12(3)7-13/h11-14H,4-10,16H2,1-3H3,(H,17,18)/t12?,13?,14-/m0/s1. The third-order valence-corrected chi connectivity index (χ3v) is 4.00. The Bertz CT molecular complexity index is 253. The summed E-state index contributed by atoms with van der Waals surface area (Å²) in [7, 11) is 0. The average Bonchev–Trinajstić information content (AvgIpc) is 2.71. The van der Waals surface area contributed by atoms with Gasteiger partial charge in [-0.1, -0.05) is 27.2 Å². The lowest BCUT2D eigenvalue weighted by Crippen LogP contribution is -2.32. The van der Waals surface area contributed by atoms with E-state index in [0.717, 1.165) is 18.9 Å². The molecule has 2 unspecified atom stereocenters. The van der Waals surface area contributed by atoms with E-state index < -0.39 is 0 Å². The minimum Gasteiger partial charge on any atom is -0.356 e. The smallest absolute Gasteiger partial charge is 0.220 e. The van der Waals surface area contributed by atoms with E-state index in [1.807, 2.05) is 0 Å². The highest BCUT2D eigenvalue weighted by atomic mass is 16.1. The summed E-state index contributed by atoms with van der Waals surface area (Å²) in [5, 5.41) is 3.09. The molecule has 3 atom stereocenters. The molecule has 1 rings (SSSR count). The molecule has 0 aliphatic heterocycles. The molecule has 0 spiro atoms. The SMILES string of the molecule is CC(C)C[C@H](CN)CC(=O)NCC1CCC(C)C1. The van der Waals surface area contributed by atoms with Crippen molar-refractivity contribution in [1.29, 1.82) is 0 Å². The fourth-order valence-electron chi connectivity index (χ4n) is 3.03. The first-order chi connectivity index (χ1) is 8.51. The predicted octanol–water partition coefficient (Wildman–Crippen LogP) is 2.55. The first-order valence-corrected chi connectivity index (χ1v) is 7.48. The molecule has 0 aromatic heterocycles. The van der Waals surface area contributed by atoms with E-state index in [4.69, 9.17) is 5.73 Å². The first-order valence-electron chi connectivity index (χ1n) is 7.48. The maximum absolute atomic E-state index is 11.9. The van der Waals surface area contributed by atoms with Crippen LogP contribution in [0.1, 0.15) is 52.9 Å². The van der Waals surface area contributed by atoms with Crippen LogP contribution in [-0.2, 0) is 4.79 Å². The zero-order chi connectivity index (χ0) is 13.5. The molecule has 1 aliphatic carbocycles. The maximum Gasteiger partial charge on any atom is 0.220 e. The Labute approximate surface area is 112 Å². The van der Waals surface area contributed by atoms with Gasteiger partial charge in [-0.3, -0.25) is 4.79 Å². The Morgan fingerprint density at radius 1 is 1.39 bits per heavy atom. The second kappa shape index (κ2) is 7.78. The zero-order valence-electron chi connectivity index (χ0n) is 12.2. The van der Waals surface area contributed by atoms with Gasteiger partial charge in [0.05, 0.1) is 0 Å². The van der Waals surface area contributed by atoms with Crippen molar-refractivity contribution >= 4 is 5.91 Å². The predicted molar refractivity (Wildman–Crippen MR) is 76.1 cm³/mol. The lowest BCUT2D eigenvalue weighted by molar-refractivity contribution is -0.122. The summed E-state index contributed by atoms with van der Waals surface area (Å²) < 4.78 is 0. The second-order valence-electron chi connectivity index (χ2n) is 6.52. The Hall–Kier alpha value is -0.570. The third kappa shape index (κ3) is 5.85. The van der Waals surface area contributed by atoms with Crippen LogP contribution in [0.5, 0.6) is 0 Å². The molecule has 3 heteroatoms. The van der Waals surface area contributed by atoms with Crippen LogP contribution >= 0.6 is 0 Å². The molecule has 0 aromatic rings. The minimum atomic E-state index is 0.186. The quantitative estimate of drug-likeness (QED) is 0.733. The van der Waals surface area contributed by atoms with Crippen LogP contribution in [0.25, 0.3) is 0 Å². The molecule has 106 valence electrons. The fraction of sp³-hybridized carbons (Fsp3) is 0.933. The molecule has 0 saturated heterocycles. The van der Waals surface area contributed by atoms with Gasteiger partial charge in [-0.25, -0.2) is 0 Å². The van der Waals surface area contributed by atoms with Gasteiger partial charge in [0.2, 0.25) is 5.91 Å². The monoisotopic (exact) mass is 254 g/mol. The van der Waals surface area contributed by atoms with Crippen LogP contribution in [0.4, 0.5) is 0 Å². The number of rotatable bonds is 7. The van der Waals surface area contributed by atoms with Crippen LogP contribution in [0, 0.1) is 23.7 Å². The summed E-state index contributed by atoms with van der Waals surface area (Å²) in [5.74, 6) is 2.68. The number of hydrogen-bond donors (Lipinski definition) is 2. The molecule has 0 aromatic carbocycles. The molecule has 3 N–H and O–H groups in total. The Kier molecular flexibility index (Phi) is 6.69. The average molecular weight is 254 g/mol. The van der Waals surface area contributed by atoms with Crippen molar-refractivity contribution in [2.24, 2.45) is 29.4 Å². The minimum absolute atomic E-state index is 0.186. The van der Waals surface area contributed by atoms with Crippen molar-refractivity contribution in [3.05, 3.63) is 0 Å². The van der Waals surface area contributed by atoms with Gasteiger partial charge in [-0.15, -0.1) is 0 Å². The van der Waals surface area contributed by atoms with E-state index in [0.29, 0.717) is 30.7 Å². The number of nitrogens with one attached hydrogen (secondary N) is 1. The van der Waals surface area contributed by atoms with Gasteiger partial charge in [0.15, 0.2) is 0 Å². The first kappa shape index (κ1) is 15.5. The lowest BCUT2D eigenvalue weighted by Gasteiger charge is -2.17. The van der Waals surface area contributed by atoms with Crippen LogP contribution in [0.3, 0.4) is 0 Å². The van der Waals surface area contributed by atoms with Crippen LogP contribution < -0.4 is 11.1 Å². The van der Waals surface area contributed by atoms with Crippen molar-refractivity contribution in [2.45, 2.75) is 52.9 Å². The topological polar surface area (TPSA) is 55.1 Å². The molecule has 1 aliphatic rings. The summed E-state index contributed by atoms with van der Waals surface area (Å²) in [6.07, 6.45) is 5.50. The Morgan fingerprint density at radius 3 is 2.61 bits per heavy atom. The number of carbonyl (C=O) groups is 1. The molecule has 18 heavy (non-hydrogen) atoms. The molecule has 0 radical (unpaired) electrons. The maximum atomic E-state index is 11.9. The molecule has 0 heterocycles. The van der Waals surface area contributed by atoms with E-state index in [1.54, 1.807) is 0 Å². The molecule has 0 bridgehead atoms. The lowest BCUT2D eigenvalue weighted by atomic mass is 9.94. The molecule has 1 saturated carbocycles. The van der Waals surface area contributed by atoms with Crippen molar-refractivity contribution in [2.75, 3.05) is 13.1 Å². The highest BCUT2D eigenvalue weighted by Crippen LogP contribution is 2.29. The van der Waals surface area contributed by atoms with Gasteiger partial charge in [-0.05, 0) is 49.5 Å². The molecular weight excluding hydrogens is 224 g/mol. The molecule has 1 fully saturated rings. The van der Waals surface area contributed by atoms with E-state index in [-0.39, 0.29) is 5.91 Å². The summed E-state index contributed by atoms with van der Waals surface area (Å²) in [6, 6.07) is 0. The normalized spacial score (nSPS) is 25.4. The molecular formula is C15H30N2O. The summed E-state index contributed by atoms with van der Waals surface area (Å²) in [4.78, 5) is 11.9. The third-order valence-electron chi connectivity index (χ3n) is 4.00. The van der Waals surface area contributed by atoms with E-state index in [2.05, 4.69) is 26.1 Å². The van der Waals surface area contributed by atoms with Crippen LogP contribution in [-0.4, -0.2) is 19.0 Å². The van der Waals surface area contributed by atoms with Crippen molar-refractivity contribution in [1.82, 2.24) is 5.32 Å². The second-order valence-corrected chi connectivity index (χ2v) is 6.52. The number of hydrogen-bond acceptors (Lipinski definition) is 2. The van der Waals surface area contributed by atoms with Gasteiger partial charge in [0.25, 0.3) is 0 Å². The van der Waals surface area contributed by atoms with E-state index >= 15 is 0 Å². The van der Waals surface area contributed by atoms with Crippen LogP contribution in [0.15, 0.2) is 0 Å². The highest BCUT2D eigenvalue weighted by Gasteiger charge is 2.22. The summed E-state index contributed by atoms with van der Waals surface area (Å²) in [6.45, 7) is 8.14. The molecule has 1 amide bonds. The largest absolute Gasteiger partial charge is 0.356 e. The van der Waals surface area contributed by atoms with Gasteiger partial charge in [0.1, 0.15) is 0 Å². The summed E-state index contributed by atoms with van der Waals surface area (Å²) in [5.41, 5.74) is 5.73. The van der Waals surface area contributed by atoms with Crippen molar-refractivity contribution in [3.63, 3.8) is 0 Å². The van der Waals surface area contributed by atoms with Gasteiger partial charge >= 0.3 is 0 Å². The Balaban J connectivity index is 2.19. The zero-order valence-corrected chi connectivity index (χ0v) is 12.2. The van der Waals surface area contributed by atoms with Crippen molar-refractivity contribution < 1.29 is 4.79 Å². The van der Waals surface area contributed by atoms with E-state index in [9.17, 15) is 4.79 Å². The van der Waals surface area contributed by atoms with Gasteiger partial charge in [0, 0.05) is 13.0 Å². The summed E-state index contributed by atoms with van der Waals surface area (Å²) >= 11 is 0. The number of nitrogens with two attached hydrogens (primary N) is 1. The Morgan fingerprint density at radius 2 is 2.11 bits per heavy atom. The fourth-order valence-corrected chi connectivity index (χ4v) is 3.03. The highest BCUT2D eigenvalue weighted by molar-refractivity contribution is 5.76.